The number of amides is 1. The van der Waals surface area contributed by atoms with Gasteiger partial charge in [-0.1, -0.05) is 6.07 Å². The number of sulfonamides is 1. The predicted octanol–water partition coefficient (Wildman–Crippen LogP) is 3.39. The maximum Gasteiger partial charge on any atom is 0.253 e. The third-order valence-corrected chi connectivity index (χ3v) is 9.01. The molecule has 1 N–H and O–H groups in total. The second-order valence-corrected chi connectivity index (χ2v) is 10.7. The molecule has 1 atom stereocenters. The highest BCUT2D eigenvalue weighted by molar-refractivity contribution is 7.91. The summed E-state index contributed by atoms with van der Waals surface area (Å²) in [5.74, 6) is 0.987. The van der Waals surface area contributed by atoms with Gasteiger partial charge in [0.2, 0.25) is 12.7 Å². The Labute approximate surface area is 181 Å². The number of hydrogen-bond donors (Lipinski definition) is 1. The molecule has 0 spiro atoms. The molecule has 156 valence electrons. The predicted molar refractivity (Wildman–Crippen MR) is 114 cm³/mol. The van der Waals surface area contributed by atoms with Gasteiger partial charge in [0.15, 0.2) is 16.6 Å². The first-order valence-electron chi connectivity index (χ1n) is 9.24. The summed E-state index contributed by atoms with van der Waals surface area (Å²) >= 11 is 2.44. The molecule has 1 fully saturated rings. The molecule has 5 rings (SSSR count). The van der Waals surface area contributed by atoms with Crippen LogP contribution in [0.4, 0.5) is 5.13 Å². The number of fused-ring (bicyclic) bond motifs is 1. The molecule has 3 aromatic rings. The Morgan fingerprint density at radius 3 is 2.90 bits per heavy atom. The van der Waals surface area contributed by atoms with Crippen molar-refractivity contribution in [1.29, 1.82) is 0 Å². The summed E-state index contributed by atoms with van der Waals surface area (Å²) in [6.45, 7) is 0.530. The van der Waals surface area contributed by atoms with Gasteiger partial charge in [0.1, 0.15) is 10.3 Å². The molecule has 1 saturated heterocycles. The fourth-order valence-corrected chi connectivity index (χ4v) is 7.02. The molecule has 0 unspecified atom stereocenters. The van der Waals surface area contributed by atoms with E-state index in [2.05, 4.69) is 10.3 Å². The van der Waals surface area contributed by atoms with Crippen LogP contribution in [0, 0.1) is 0 Å². The van der Waals surface area contributed by atoms with Crippen LogP contribution in [-0.4, -0.2) is 43.0 Å². The standard InChI is InChI=1S/C19H17N3O5S3/c23-18(14-3-1-7-22(14)30(24,25)17-4-2-8-28-17)21-19-20-13(10-29-19)12-5-6-15-16(9-12)27-11-26-15/h2,4-6,8-10,14H,1,3,7,11H2,(H,20,21,23)/t14-/m1/s1. The van der Waals surface area contributed by atoms with Gasteiger partial charge in [-0.2, -0.15) is 4.31 Å². The number of carbonyl (C=O) groups excluding carboxylic acids is 1. The van der Waals surface area contributed by atoms with Gasteiger partial charge in [0.05, 0.1) is 5.69 Å². The molecule has 11 heteroatoms. The average molecular weight is 464 g/mol. The van der Waals surface area contributed by atoms with E-state index in [0.717, 1.165) is 16.9 Å². The number of rotatable bonds is 5. The average Bonchev–Trinajstić information content (AvgIpc) is 3.54. The van der Waals surface area contributed by atoms with E-state index >= 15 is 0 Å². The quantitative estimate of drug-likeness (QED) is 0.623. The number of thiophene rings is 1. The van der Waals surface area contributed by atoms with Gasteiger partial charge in [0, 0.05) is 17.5 Å². The van der Waals surface area contributed by atoms with Crippen molar-refractivity contribution in [2.75, 3.05) is 18.7 Å². The zero-order valence-electron chi connectivity index (χ0n) is 15.6. The zero-order chi connectivity index (χ0) is 20.7. The van der Waals surface area contributed by atoms with Crippen molar-refractivity contribution in [3.8, 4) is 22.8 Å². The van der Waals surface area contributed by atoms with Crippen molar-refractivity contribution in [3.63, 3.8) is 0 Å². The smallest absolute Gasteiger partial charge is 0.253 e. The number of nitrogens with zero attached hydrogens (tertiary/aromatic N) is 2. The fraction of sp³-hybridized carbons (Fsp3) is 0.263. The van der Waals surface area contributed by atoms with Crippen molar-refractivity contribution in [3.05, 3.63) is 41.1 Å². The van der Waals surface area contributed by atoms with Crippen LogP contribution < -0.4 is 14.8 Å². The highest BCUT2D eigenvalue weighted by atomic mass is 32.2. The van der Waals surface area contributed by atoms with Crippen LogP contribution in [-0.2, 0) is 14.8 Å². The first kappa shape index (κ1) is 19.5. The lowest BCUT2D eigenvalue weighted by molar-refractivity contribution is -0.119. The molecule has 0 bridgehead atoms. The van der Waals surface area contributed by atoms with E-state index in [-0.39, 0.29) is 16.9 Å². The molecule has 1 amide bonds. The van der Waals surface area contributed by atoms with Gasteiger partial charge in [-0.3, -0.25) is 4.79 Å². The van der Waals surface area contributed by atoms with Gasteiger partial charge in [-0.05, 0) is 42.5 Å². The van der Waals surface area contributed by atoms with Crippen LogP contribution in [0.3, 0.4) is 0 Å². The molecular formula is C19H17N3O5S3. The lowest BCUT2D eigenvalue weighted by Crippen LogP contribution is -2.42. The SMILES string of the molecule is O=C(Nc1nc(-c2ccc3c(c2)OCO3)cs1)[C@H]1CCCN1S(=O)(=O)c1cccs1. The normalized spacial score (nSPS) is 18.6. The van der Waals surface area contributed by atoms with Crippen molar-refractivity contribution in [2.24, 2.45) is 0 Å². The van der Waals surface area contributed by atoms with E-state index in [1.807, 2.05) is 23.6 Å². The summed E-state index contributed by atoms with van der Waals surface area (Å²) in [5, 5.41) is 6.76. The van der Waals surface area contributed by atoms with Crippen molar-refractivity contribution < 1.29 is 22.7 Å². The number of thiazole rings is 1. The summed E-state index contributed by atoms with van der Waals surface area (Å²) in [7, 11) is -3.68. The lowest BCUT2D eigenvalue weighted by Gasteiger charge is -2.22. The van der Waals surface area contributed by atoms with E-state index in [4.69, 9.17) is 9.47 Å². The summed E-state index contributed by atoms with van der Waals surface area (Å²) in [6.07, 6.45) is 1.12. The van der Waals surface area contributed by atoms with Crippen LogP contribution in [0.1, 0.15) is 12.8 Å². The molecule has 1 aromatic carbocycles. The first-order valence-corrected chi connectivity index (χ1v) is 12.4. The van der Waals surface area contributed by atoms with Crippen LogP contribution >= 0.6 is 22.7 Å². The van der Waals surface area contributed by atoms with E-state index in [9.17, 15) is 13.2 Å². The van der Waals surface area contributed by atoms with Crippen molar-refractivity contribution in [2.45, 2.75) is 23.1 Å². The summed E-state index contributed by atoms with van der Waals surface area (Å²) < 4.78 is 38.0. The lowest BCUT2D eigenvalue weighted by atomic mass is 10.1. The highest BCUT2D eigenvalue weighted by Crippen LogP contribution is 2.37. The molecule has 0 aliphatic carbocycles. The Balaban J connectivity index is 1.32. The van der Waals surface area contributed by atoms with Gasteiger partial charge in [-0.25, -0.2) is 13.4 Å². The molecule has 8 nitrogen and oxygen atoms in total. The van der Waals surface area contributed by atoms with Gasteiger partial charge >= 0.3 is 0 Å². The molecule has 0 radical (unpaired) electrons. The topological polar surface area (TPSA) is 97.8 Å². The Hall–Kier alpha value is -2.47. The Kier molecular flexibility index (Phi) is 4.97. The van der Waals surface area contributed by atoms with Gasteiger partial charge in [-0.15, -0.1) is 22.7 Å². The Morgan fingerprint density at radius 1 is 1.20 bits per heavy atom. The maximum atomic E-state index is 12.9. The maximum absolute atomic E-state index is 12.9. The van der Waals surface area contributed by atoms with Crippen molar-refractivity contribution >= 4 is 43.7 Å². The molecule has 30 heavy (non-hydrogen) atoms. The number of aromatic nitrogens is 1. The highest BCUT2D eigenvalue weighted by Gasteiger charge is 2.40. The second-order valence-electron chi connectivity index (χ2n) is 6.80. The minimum Gasteiger partial charge on any atom is -0.454 e. The molecule has 2 aliphatic heterocycles. The number of benzene rings is 1. The number of ether oxygens (including phenoxy) is 2. The molecule has 2 aromatic heterocycles. The first-order chi connectivity index (χ1) is 14.5. The third kappa shape index (κ3) is 3.47. The van der Waals surface area contributed by atoms with Crippen molar-refractivity contribution in [1.82, 2.24) is 9.29 Å². The number of nitrogens with one attached hydrogen (secondary N) is 1. The number of hydrogen-bond acceptors (Lipinski definition) is 8. The van der Waals surface area contributed by atoms with Gasteiger partial charge in [0.25, 0.3) is 10.0 Å². The minimum absolute atomic E-state index is 0.198. The van der Waals surface area contributed by atoms with Crippen LogP contribution in [0.15, 0.2) is 45.3 Å². The molecule has 4 heterocycles. The van der Waals surface area contributed by atoms with Gasteiger partial charge < -0.3 is 14.8 Å². The minimum atomic E-state index is -3.68. The van der Waals surface area contributed by atoms with E-state index in [0.29, 0.717) is 41.7 Å². The third-order valence-electron chi connectivity index (χ3n) is 4.97. The van der Waals surface area contributed by atoms with E-state index in [1.54, 1.807) is 17.5 Å². The van der Waals surface area contributed by atoms with Crippen LogP contribution in [0.2, 0.25) is 0 Å². The fourth-order valence-electron chi connectivity index (χ4n) is 3.52. The van der Waals surface area contributed by atoms with Crippen LogP contribution in [0.25, 0.3) is 11.3 Å². The summed E-state index contributed by atoms with van der Waals surface area (Å²) in [5.41, 5.74) is 1.54. The molecule has 2 aliphatic rings. The second kappa shape index (κ2) is 7.65. The summed E-state index contributed by atoms with van der Waals surface area (Å²) in [6, 6.07) is 8.05. The van der Waals surface area contributed by atoms with Crippen LogP contribution in [0.5, 0.6) is 11.5 Å². The summed E-state index contributed by atoms with van der Waals surface area (Å²) in [4.78, 5) is 17.3. The number of carbonyl (C=O) groups is 1. The molecule has 0 saturated carbocycles. The monoisotopic (exact) mass is 463 g/mol. The van der Waals surface area contributed by atoms with E-state index in [1.165, 1.54) is 15.6 Å². The number of anilines is 1. The zero-order valence-corrected chi connectivity index (χ0v) is 18.1. The molecular weight excluding hydrogens is 446 g/mol. The Morgan fingerprint density at radius 2 is 2.07 bits per heavy atom. The Bertz CT molecular complexity index is 1190. The van der Waals surface area contributed by atoms with E-state index < -0.39 is 16.1 Å². The largest absolute Gasteiger partial charge is 0.454 e.